The first-order valence-electron chi connectivity index (χ1n) is 10.2. The van der Waals surface area contributed by atoms with Gasteiger partial charge in [-0.3, -0.25) is 9.69 Å². The van der Waals surface area contributed by atoms with Crippen LogP contribution in [0.3, 0.4) is 0 Å². The van der Waals surface area contributed by atoms with Gasteiger partial charge < -0.3 is 14.8 Å². The Morgan fingerprint density at radius 1 is 1.31 bits per heavy atom. The van der Waals surface area contributed by atoms with Gasteiger partial charge in [0.15, 0.2) is 0 Å². The predicted octanol–water partition coefficient (Wildman–Crippen LogP) is 4.85. The van der Waals surface area contributed by atoms with E-state index in [-0.39, 0.29) is 18.7 Å². The summed E-state index contributed by atoms with van der Waals surface area (Å²) >= 11 is 6.26. The molecule has 0 spiro atoms. The molecule has 7 heteroatoms. The lowest BCUT2D eigenvalue weighted by atomic mass is 9.83. The summed E-state index contributed by atoms with van der Waals surface area (Å²) in [4.78, 5) is 25.4. The molecule has 29 heavy (non-hydrogen) atoms. The normalized spacial score (nSPS) is 20.5. The van der Waals surface area contributed by atoms with Gasteiger partial charge in [0.1, 0.15) is 12.3 Å². The first-order chi connectivity index (χ1) is 13.6. The monoisotopic (exact) mass is 424 g/mol. The number of benzene rings is 1. The maximum Gasteiger partial charge on any atom is 0.412 e. The lowest BCUT2D eigenvalue weighted by Gasteiger charge is -2.39. The summed E-state index contributed by atoms with van der Waals surface area (Å²) in [5, 5.41) is 3.49. The van der Waals surface area contributed by atoms with Gasteiger partial charge in [-0.15, -0.1) is 0 Å². The van der Waals surface area contributed by atoms with Crippen LogP contribution in [0.2, 0.25) is 5.02 Å². The lowest BCUT2D eigenvalue weighted by Crippen LogP contribution is -2.44. The van der Waals surface area contributed by atoms with E-state index in [0.717, 1.165) is 37.7 Å². The predicted molar refractivity (Wildman–Crippen MR) is 114 cm³/mol. The molecule has 162 valence electrons. The summed E-state index contributed by atoms with van der Waals surface area (Å²) in [7, 11) is 0. The number of rotatable bonds is 5. The molecule has 2 rings (SSSR count). The van der Waals surface area contributed by atoms with Gasteiger partial charge >= 0.3 is 6.09 Å². The van der Waals surface area contributed by atoms with Crippen molar-refractivity contribution in [2.45, 2.75) is 71.0 Å². The number of nitrogens with zero attached hydrogens (tertiary/aromatic N) is 1. The zero-order valence-corrected chi connectivity index (χ0v) is 18.7. The second-order valence-electron chi connectivity index (χ2n) is 8.57. The van der Waals surface area contributed by atoms with Crippen molar-refractivity contribution in [3.63, 3.8) is 0 Å². The second-order valence-corrected chi connectivity index (χ2v) is 9.00. The van der Waals surface area contributed by atoms with Gasteiger partial charge in [0.2, 0.25) is 5.91 Å². The molecule has 0 aromatic heterocycles. The molecular formula is C22H33ClN2O4. The van der Waals surface area contributed by atoms with Crippen molar-refractivity contribution in [3.8, 4) is 0 Å². The molecule has 1 aliphatic rings. The van der Waals surface area contributed by atoms with E-state index in [2.05, 4.69) is 5.32 Å². The molecule has 1 aromatic carbocycles. The summed E-state index contributed by atoms with van der Waals surface area (Å²) < 4.78 is 12.0. The Hall–Kier alpha value is -1.79. The van der Waals surface area contributed by atoms with Crippen LogP contribution in [0, 0.1) is 0 Å². The molecule has 1 saturated heterocycles. The summed E-state index contributed by atoms with van der Waals surface area (Å²) in [5.41, 5.74) is -0.120. The zero-order valence-electron chi connectivity index (χ0n) is 17.9. The van der Waals surface area contributed by atoms with Crippen LogP contribution in [-0.2, 0) is 19.9 Å². The molecule has 1 aliphatic heterocycles. The molecule has 6 nitrogen and oxygen atoms in total. The van der Waals surface area contributed by atoms with Crippen molar-refractivity contribution in [1.82, 2.24) is 10.2 Å². The summed E-state index contributed by atoms with van der Waals surface area (Å²) in [6, 6.07) is 7.70. The Kier molecular flexibility index (Phi) is 8.34. The summed E-state index contributed by atoms with van der Waals surface area (Å²) in [6.07, 6.45) is 3.73. The molecule has 1 atom stereocenters. The fraction of sp³-hybridized carbons (Fsp3) is 0.636. The zero-order chi connectivity index (χ0) is 21.5. The molecule has 2 amide bonds. The highest BCUT2D eigenvalue weighted by Gasteiger charge is 2.36. The van der Waals surface area contributed by atoms with Gasteiger partial charge in [0.05, 0.1) is 5.60 Å². The smallest absolute Gasteiger partial charge is 0.412 e. The van der Waals surface area contributed by atoms with Gasteiger partial charge in [0.25, 0.3) is 0 Å². The van der Waals surface area contributed by atoms with Crippen molar-refractivity contribution in [2.24, 2.45) is 0 Å². The van der Waals surface area contributed by atoms with Crippen LogP contribution in [-0.4, -0.2) is 42.3 Å². The Morgan fingerprint density at radius 3 is 2.72 bits per heavy atom. The summed E-state index contributed by atoms with van der Waals surface area (Å²) in [6.45, 7) is 8.42. The van der Waals surface area contributed by atoms with Gasteiger partial charge in [-0.1, -0.05) is 23.7 Å². The van der Waals surface area contributed by atoms with Crippen LogP contribution in [0.4, 0.5) is 4.79 Å². The number of hydrogen-bond donors (Lipinski definition) is 1. The Labute approximate surface area is 178 Å². The minimum absolute atomic E-state index is 0.0449. The number of ether oxygens (including phenoxy) is 2. The lowest BCUT2D eigenvalue weighted by molar-refractivity contribution is -0.121. The van der Waals surface area contributed by atoms with E-state index in [1.807, 2.05) is 45.0 Å². The Bertz CT molecular complexity index is 704. The van der Waals surface area contributed by atoms with Crippen LogP contribution in [0.25, 0.3) is 0 Å². The van der Waals surface area contributed by atoms with Gasteiger partial charge in [0, 0.05) is 25.0 Å². The van der Waals surface area contributed by atoms with Gasteiger partial charge in [-0.25, -0.2) is 4.79 Å². The maximum atomic E-state index is 12.6. The molecule has 1 N–H and O–H groups in total. The van der Waals surface area contributed by atoms with E-state index < -0.39 is 11.2 Å². The van der Waals surface area contributed by atoms with E-state index in [4.69, 9.17) is 21.1 Å². The molecule has 0 saturated carbocycles. The third-order valence-corrected chi connectivity index (χ3v) is 5.12. The second kappa shape index (κ2) is 10.3. The first kappa shape index (κ1) is 23.5. The van der Waals surface area contributed by atoms with E-state index in [0.29, 0.717) is 18.1 Å². The van der Waals surface area contributed by atoms with Crippen molar-refractivity contribution in [3.05, 3.63) is 34.9 Å². The average Bonchev–Trinajstić information content (AvgIpc) is 2.59. The minimum Gasteiger partial charge on any atom is -0.444 e. The molecule has 1 heterocycles. The first-order valence-corrected chi connectivity index (χ1v) is 10.6. The quantitative estimate of drug-likeness (QED) is 0.686. The number of halogens is 1. The Morgan fingerprint density at radius 2 is 2.07 bits per heavy atom. The molecule has 0 bridgehead atoms. The highest BCUT2D eigenvalue weighted by Crippen LogP contribution is 2.38. The van der Waals surface area contributed by atoms with Gasteiger partial charge in [-0.2, -0.15) is 0 Å². The maximum absolute atomic E-state index is 12.6. The largest absolute Gasteiger partial charge is 0.444 e. The fourth-order valence-electron chi connectivity index (χ4n) is 3.50. The van der Waals surface area contributed by atoms with Crippen LogP contribution >= 0.6 is 11.6 Å². The van der Waals surface area contributed by atoms with Crippen molar-refractivity contribution in [1.29, 1.82) is 0 Å². The Balaban J connectivity index is 2.19. The fourth-order valence-corrected chi connectivity index (χ4v) is 3.69. The summed E-state index contributed by atoms with van der Waals surface area (Å²) in [5.74, 6) is -0.0449. The topological polar surface area (TPSA) is 67.9 Å². The van der Waals surface area contributed by atoms with E-state index >= 15 is 0 Å². The molecule has 0 radical (unpaired) electrons. The van der Waals surface area contributed by atoms with Crippen LogP contribution in [0.1, 0.15) is 65.4 Å². The van der Waals surface area contributed by atoms with Crippen LogP contribution in [0.15, 0.2) is 24.3 Å². The molecular weight excluding hydrogens is 392 g/mol. The van der Waals surface area contributed by atoms with Crippen molar-refractivity contribution in [2.75, 3.05) is 19.8 Å². The van der Waals surface area contributed by atoms with Crippen LogP contribution < -0.4 is 5.32 Å². The highest BCUT2D eigenvalue weighted by atomic mass is 35.5. The SMILES string of the molecule is CC(=O)NCCC[C@@]1(c2cccc(Cl)c2)CCCCN(C(=O)OC(C)(C)C)CO1. The molecule has 1 aromatic rings. The third kappa shape index (κ3) is 7.52. The third-order valence-electron chi connectivity index (χ3n) is 4.89. The number of carbonyl (C=O) groups excluding carboxylic acids is 2. The average molecular weight is 425 g/mol. The van der Waals surface area contributed by atoms with E-state index in [9.17, 15) is 9.59 Å². The minimum atomic E-state index is -0.565. The number of carbonyl (C=O) groups is 2. The van der Waals surface area contributed by atoms with E-state index in [1.54, 1.807) is 4.90 Å². The number of nitrogens with one attached hydrogen (secondary N) is 1. The standard InChI is InChI=1S/C22H33ClN2O4/c1-17(26)24-13-8-12-22(18-9-7-10-19(23)15-18)11-5-6-14-25(16-28-22)20(27)29-21(2,3)4/h7,9-10,15H,5-6,8,11-14,16H2,1-4H3,(H,24,26)/t22-/m1/s1. The van der Waals surface area contributed by atoms with Crippen molar-refractivity contribution >= 4 is 23.6 Å². The van der Waals surface area contributed by atoms with Crippen molar-refractivity contribution < 1.29 is 19.1 Å². The highest BCUT2D eigenvalue weighted by molar-refractivity contribution is 6.30. The molecule has 0 unspecified atom stereocenters. The van der Waals surface area contributed by atoms with E-state index in [1.165, 1.54) is 6.92 Å². The number of hydrogen-bond acceptors (Lipinski definition) is 4. The molecule has 1 fully saturated rings. The van der Waals surface area contributed by atoms with Crippen LogP contribution in [0.5, 0.6) is 0 Å². The van der Waals surface area contributed by atoms with Gasteiger partial charge in [-0.05, 0) is 70.6 Å². The molecule has 0 aliphatic carbocycles. The number of amides is 2.